The lowest BCUT2D eigenvalue weighted by atomic mass is 10.1. The lowest BCUT2D eigenvalue weighted by molar-refractivity contribution is 0.581. The fraction of sp³-hybridized carbons (Fsp3) is 0.0909. The Balaban J connectivity index is 2.72. The Morgan fingerprint density at radius 3 is 2.67 bits per heavy atom. The molecule has 0 aliphatic carbocycles. The van der Waals surface area contributed by atoms with Gasteiger partial charge in [0.2, 0.25) is 0 Å². The number of aryl methyl sites for hydroxylation is 1. The number of rotatable bonds is 1. The summed E-state index contributed by atoms with van der Waals surface area (Å²) in [5, 5.41) is 0.713. The highest BCUT2D eigenvalue weighted by atomic mass is 79.9. The molecule has 0 atom stereocenters. The lowest BCUT2D eigenvalue weighted by Crippen LogP contribution is -1.85. The molecule has 1 nitrogen and oxygen atoms in total. The number of hydrogen-bond acceptors (Lipinski definition) is 1. The summed E-state index contributed by atoms with van der Waals surface area (Å²) < 4.78 is 7.17. The summed E-state index contributed by atoms with van der Waals surface area (Å²) in [7, 11) is 0. The Morgan fingerprint density at radius 1 is 1.33 bits per heavy atom. The minimum absolute atomic E-state index is 0.713. The summed E-state index contributed by atoms with van der Waals surface area (Å²) in [6.07, 6.45) is 1.64. The van der Waals surface area contributed by atoms with Crippen molar-refractivity contribution in [3.8, 4) is 11.3 Å². The van der Waals surface area contributed by atoms with Crippen molar-refractivity contribution in [1.82, 2.24) is 0 Å². The third kappa shape index (κ3) is 2.01. The second kappa shape index (κ2) is 4.32. The number of furan rings is 1. The van der Waals surface area contributed by atoms with Gasteiger partial charge in [0.1, 0.15) is 5.76 Å². The molecule has 2 rings (SSSR count). The summed E-state index contributed by atoms with van der Waals surface area (Å²) in [5.41, 5.74) is 1.96. The second-order valence-electron chi connectivity index (χ2n) is 3.16. The molecule has 0 saturated heterocycles. The molecule has 15 heavy (non-hydrogen) atoms. The maximum Gasteiger partial charge on any atom is 0.136 e. The van der Waals surface area contributed by atoms with E-state index in [-0.39, 0.29) is 0 Å². The summed E-state index contributed by atoms with van der Waals surface area (Å²) in [6, 6.07) is 5.73. The monoisotopic (exact) mass is 348 g/mol. The molecular formula is C11H7Br2ClO. The highest BCUT2D eigenvalue weighted by molar-refractivity contribution is 9.11. The van der Waals surface area contributed by atoms with Crippen molar-refractivity contribution in [2.24, 2.45) is 0 Å². The van der Waals surface area contributed by atoms with E-state index in [9.17, 15) is 0 Å². The first-order valence-electron chi connectivity index (χ1n) is 4.29. The largest absolute Gasteiger partial charge is 0.464 e. The van der Waals surface area contributed by atoms with Crippen molar-refractivity contribution in [3.05, 3.63) is 44.0 Å². The van der Waals surface area contributed by atoms with Crippen LogP contribution in [0.4, 0.5) is 0 Å². The Morgan fingerprint density at radius 2 is 2.07 bits per heavy atom. The average molecular weight is 350 g/mol. The van der Waals surface area contributed by atoms with Crippen LogP contribution >= 0.6 is 43.5 Å². The van der Waals surface area contributed by atoms with Crippen molar-refractivity contribution in [3.63, 3.8) is 0 Å². The molecule has 1 aromatic carbocycles. The fourth-order valence-corrected chi connectivity index (χ4v) is 3.23. The van der Waals surface area contributed by atoms with Crippen LogP contribution in [-0.4, -0.2) is 0 Å². The van der Waals surface area contributed by atoms with E-state index < -0.39 is 0 Å². The molecule has 0 unspecified atom stereocenters. The minimum Gasteiger partial charge on any atom is -0.464 e. The summed E-state index contributed by atoms with van der Waals surface area (Å²) in [5.74, 6) is 0.788. The number of hydrogen-bond donors (Lipinski definition) is 0. The van der Waals surface area contributed by atoms with E-state index in [2.05, 4.69) is 31.9 Å². The van der Waals surface area contributed by atoms with Crippen molar-refractivity contribution in [2.75, 3.05) is 0 Å². The van der Waals surface area contributed by atoms with E-state index in [0.29, 0.717) is 5.02 Å². The van der Waals surface area contributed by atoms with Gasteiger partial charge < -0.3 is 4.42 Å². The molecule has 1 aromatic heterocycles. The Bertz CT molecular complexity index is 492. The molecule has 0 amide bonds. The van der Waals surface area contributed by atoms with Crippen LogP contribution in [0, 0.1) is 6.92 Å². The molecule has 4 heteroatoms. The summed E-state index contributed by atoms with van der Waals surface area (Å²) >= 11 is 13.1. The van der Waals surface area contributed by atoms with Gasteiger partial charge in [-0.2, -0.15) is 0 Å². The van der Waals surface area contributed by atoms with Crippen molar-refractivity contribution >= 4 is 43.5 Å². The first kappa shape index (κ1) is 11.2. The normalized spacial score (nSPS) is 10.7. The third-order valence-electron chi connectivity index (χ3n) is 2.11. The van der Waals surface area contributed by atoms with Crippen LogP contribution in [0.25, 0.3) is 11.3 Å². The molecule has 1 heterocycles. The van der Waals surface area contributed by atoms with Crippen LogP contribution in [0.2, 0.25) is 5.02 Å². The van der Waals surface area contributed by atoms with Gasteiger partial charge in [-0.3, -0.25) is 0 Å². The Labute approximate surface area is 110 Å². The number of benzene rings is 1. The highest BCUT2D eigenvalue weighted by Gasteiger charge is 2.15. The Hall–Kier alpha value is -0.250. The van der Waals surface area contributed by atoms with E-state index in [4.69, 9.17) is 16.0 Å². The molecule has 0 saturated carbocycles. The molecule has 0 spiro atoms. The molecular weight excluding hydrogens is 343 g/mol. The van der Waals surface area contributed by atoms with Gasteiger partial charge in [-0.15, -0.1) is 0 Å². The van der Waals surface area contributed by atoms with Crippen LogP contribution < -0.4 is 0 Å². The van der Waals surface area contributed by atoms with Gasteiger partial charge in [-0.05, 0) is 62.5 Å². The topological polar surface area (TPSA) is 13.1 Å². The molecule has 78 valence electrons. The van der Waals surface area contributed by atoms with Crippen LogP contribution in [0.1, 0.15) is 5.56 Å². The fourth-order valence-electron chi connectivity index (χ4n) is 1.36. The average Bonchev–Trinajstić information content (AvgIpc) is 2.68. The van der Waals surface area contributed by atoms with E-state index in [1.165, 1.54) is 0 Å². The van der Waals surface area contributed by atoms with Crippen LogP contribution in [0.15, 0.2) is 37.8 Å². The van der Waals surface area contributed by atoms with Crippen molar-refractivity contribution in [2.45, 2.75) is 6.92 Å². The van der Waals surface area contributed by atoms with E-state index in [1.54, 1.807) is 6.26 Å². The SMILES string of the molecule is Cc1cc(Br)c(-c2ccco2)c(Br)c1Cl. The molecule has 0 radical (unpaired) electrons. The molecule has 0 aliphatic heterocycles. The lowest BCUT2D eigenvalue weighted by Gasteiger charge is -2.08. The first-order chi connectivity index (χ1) is 7.11. The third-order valence-corrected chi connectivity index (χ3v) is 4.24. The zero-order valence-electron chi connectivity index (χ0n) is 7.85. The van der Waals surface area contributed by atoms with Gasteiger partial charge in [-0.25, -0.2) is 0 Å². The molecule has 0 N–H and O–H groups in total. The maximum absolute atomic E-state index is 6.16. The zero-order chi connectivity index (χ0) is 11.0. The second-order valence-corrected chi connectivity index (χ2v) is 5.18. The van der Waals surface area contributed by atoms with Crippen LogP contribution in [0.3, 0.4) is 0 Å². The standard InChI is InChI=1S/C11H7Br2ClO/c1-6-5-7(12)9(10(13)11(6)14)8-3-2-4-15-8/h2-5H,1H3. The molecule has 0 bridgehead atoms. The molecule has 0 aliphatic rings. The van der Waals surface area contributed by atoms with Crippen LogP contribution in [-0.2, 0) is 0 Å². The quantitative estimate of drug-likeness (QED) is 0.625. The van der Waals surface area contributed by atoms with Gasteiger partial charge in [0.05, 0.1) is 11.3 Å². The predicted octanol–water partition coefficient (Wildman–Crippen LogP) is 5.43. The van der Waals surface area contributed by atoms with Gasteiger partial charge in [0, 0.05) is 14.5 Å². The van der Waals surface area contributed by atoms with Crippen molar-refractivity contribution < 1.29 is 4.42 Å². The van der Waals surface area contributed by atoms with E-state index >= 15 is 0 Å². The van der Waals surface area contributed by atoms with Gasteiger partial charge >= 0.3 is 0 Å². The smallest absolute Gasteiger partial charge is 0.136 e. The van der Waals surface area contributed by atoms with Crippen LogP contribution in [0.5, 0.6) is 0 Å². The maximum atomic E-state index is 6.16. The van der Waals surface area contributed by atoms with E-state index in [1.807, 2.05) is 25.1 Å². The Kier molecular flexibility index (Phi) is 3.24. The molecule has 2 aromatic rings. The predicted molar refractivity (Wildman–Crippen MR) is 69.3 cm³/mol. The van der Waals surface area contributed by atoms with Gasteiger partial charge in [0.25, 0.3) is 0 Å². The first-order valence-corrected chi connectivity index (χ1v) is 6.25. The van der Waals surface area contributed by atoms with Crippen molar-refractivity contribution in [1.29, 1.82) is 0 Å². The highest BCUT2D eigenvalue weighted by Crippen LogP contribution is 2.41. The minimum atomic E-state index is 0.713. The van der Waals surface area contributed by atoms with Gasteiger partial charge in [-0.1, -0.05) is 11.6 Å². The summed E-state index contributed by atoms with van der Waals surface area (Å²) in [6.45, 7) is 1.96. The van der Waals surface area contributed by atoms with Gasteiger partial charge in [0.15, 0.2) is 0 Å². The zero-order valence-corrected chi connectivity index (χ0v) is 11.8. The van der Waals surface area contributed by atoms with E-state index in [0.717, 1.165) is 25.8 Å². The summed E-state index contributed by atoms with van der Waals surface area (Å²) in [4.78, 5) is 0. The molecule has 0 fully saturated rings. The number of halogens is 3.